The van der Waals surface area contributed by atoms with Gasteiger partial charge in [0.25, 0.3) is 0 Å². The van der Waals surface area contributed by atoms with Crippen LogP contribution in [0.1, 0.15) is 0 Å². The molecule has 0 unspecified atom stereocenters. The van der Waals surface area contributed by atoms with Crippen molar-refractivity contribution in [2.75, 3.05) is 16.4 Å². The van der Waals surface area contributed by atoms with Crippen LogP contribution in [0.25, 0.3) is 0 Å². The molecule has 0 spiro atoms. The Morgan fingerprint density at radius 2 is 1.57 bits per heavy atom. The van der Waals surface area contributed by atoms with Crippen LogP contribution in [0.15, 0.2) is 31.0 Å². The molecule has 0 radical (unpaired) electrons. The summed E-state index contributed by atoms with van der Waals surface area (Å²) in [5, 5.41) is 14.3. The molecule has 0 saturated carbocycles. The van der Waals surface area contributed by atoms with Gasteiger partial charge in [0.05, 0.1) is 35.7 Å². The van der Waals surface area contributed by atoms with Gasteiger partial charge in [0.2, 0.25) is 5.95 Å². The van der Waals surface area contributed by atoms with E-state index in [0.717, 1.165) is 11.4 Å². The molecular weight excluding hydrogens is 270 g/mol. The Morgan fingerprint density at radius 3 is 2.14 bits per heavy atom. The van der Waals surface area contributed by atoms with Crippen molar-refractivity contribution in [3.63, 3.8) is 0 Å². The number of aromatic nitrogens is 6. The molecule has 3 aromatic rings. The first kappa shape index (κ1) is 12.9. The summed E-state index contributed by atoms with van der Waals surface area (Å²) in [5.74, 6) is 0.952. The molecule has 3 rings (SSSR count). The average molecular weight is 285 g/mol. The van der Waals surface area contributed by atoms with Crippen LogP contribution in [0.2, 0.25) is 0 Å². The summed E-state index contributed by atoms with van der Waals surface area (Å²) < 4.78 is 3.38. The summed E-state index contributed by atoms with van der Waals surface area (Å²) >= 11 is 0. The lowest BCUT2D eigenvalue weighted by molar-refractivity contribution is 0.768. The summed E-state index contributed by atoms with van der Waals surface area (Å²) in [5.41, 5.74) is 7.94. The molecular formula is C12H15N9. The molecule has 0 bridgehead atoms. The van der Waals surface area contributed by atoms with Crippen LogP contribution in [0.5, 0.6) is 0 Å². The van der Waals surface area contributed by atoms with E-state index < -0.39 is 0 Å². The van der Waals surface area contributed by atoms with E-state index in [0.29, 0.717) is 17.5 Å². The number of anilines is 5. The molecule has 0 amide bonds. The van der Waals surface area contributed by atoms with E-state index in [-0.39, 0.29) is 0 Å². The van der Waals surface area contributed by atoms with E-state index in [1.807, 2.05) is 26.5 Å². The Morgan fingerprint density at radius 1 is 0.952 bits per heavy atom. The van der Waals surface area contributed by atoms with Gasteiger partial charge in [-0.1, -0.05) is 0 Å². The fourth-order valence-corrected chi connectivity index (χ4v) is 1.79. The number of nitrogen functional groups attached to an aromatic ring is 1. The Hall–Kier alpha value is -3.10. The number of hydrogen-bond acceptors (Lipinski definition) is 7. The molecule has 9 heteroatoms. The standard InChI is InChI=1S/C12H15N9/c1-20-6-8(3-15-20)17-11-10(13)5-14-12(19-11)18-9-4-16-21(2)7-9/h3-7H,13H2,1-2H3,(H2,14,17,18,19). The molecule has 108 valence electrons. The molecule has 0 fully saturated rings. The highest BCUT2D eigenvalue weighted by atomic mass is 15.3. The van der Waals surface area contributed by atoms with Crippen molar-refractivity contribution in [3.8, 4) is 0 Å². The number of aryl methyl sites for hydroxylation is 2. The summed E-state index contributed by atoms with van der Waals surface area (Å²) in [6.45, 7) is 0. The molecule has 0 saturated heterocycles. The highest BCUT2D eigenvalue weighted by molar-refractivity contribution is 5.69. The lowest BCUT2D eigenvalue weighted by atomic mass is 10.4. The predicted octanol–water partition coefficient (Wildman–Crippen LogP) is 1.01. The van der Waals surface area contributed by atoms with E-state index in [1.54, 1.807) is 28.0 Å². The van der Waals surface area contributed by atoms with Crippen LogP contribution in [0.4, 0.5) is 28.8 Å². The number of nitrogens with two attached hydrogens (primary N) is 1. The van der Waals surface area contributed by atoms with E-state index in [9.17, 15) is 0 Å². The zero-order valence-electron chi connectivity index (χ0n) is 11.6. The van der Waals surface area contributed by atoms with Gasteiger partial charge >= 0.3 is 0 Å². The smallest absolute Gasteiger partial charge is 0.229 e. The van der Waals surface area contributed by atoms with Crippen LogP contribution in [0, 0.1) is 0 Å². The number of rotatable bonds is 4. The van der Waals surface area contributed by atoms with Gasteiger partial charge in [0, 0.05) is 26.5 Å². The van der Waals surface area contributed by atoms with Gasteiger partial charge in [-0.2, -0.15) is 15.2 Å². The second-order valence-electron chi connectivity index (χ2n) is 4.55. The summed E-state index contributed by atoms with van der Waals surface area (Å²) in [7, 11) is 3.67. The Balaban J connectivity index is 1.82. The minimum Gasteiger partial charge on any atom is -0.394 e. The van der Waals surface area contributed by atoms with Crippen LogP contribution >= 0.6 is 0 Å². The molecule has 3 aromatic heterocycles. The largest absolute Gasteiger partial charge is 0.394 e. The lowest BCUT2D eigenvalue weighted by Crippen LogP contribution is -2.03. The molecule has 0 aliphatic heterocycles. The third-order valence-electron chi connectivity index (χ3n) is 2.75. The minimum atomic E-state index is 0.434. The normalized spacial score (nSPS) is 10.6. The second-order valence-corrected chi connectivity index (χ2v) is 4.55. The second kappa shape index (κ2) is 5.12. The summed E-state index contributed by atoms with van der Waals surface area (Å²) in [4.78, 5) is 8.49. The van der Waals surface area contributed by atoms with Gasteiger partial charge < -0.3 is 16.4 Å². The Labute approximate surface area is 120 Å². The molecule has 0 aromatic carbocycles. The van der Waals surface area contributed by atoms with E-state index in [1.165, 1.54) is 0 Å². The van der Waals surface area contributed by atoms with Crippen molar-refractivity contribution in [1.82, 2.24) is 29.5 Å². The van der Waals surface area contributed by atoms with Gasteiger partial charge in [-0.3, -0.25) is 9.36 Å². The predicted molar refractivity (Wildman–Crippen MR) is 79.4 cm³/mol. The van der Waals surface area contributed by atoms with Crippen molar-refractivity contribution in [2.45, 2.75) is 0 Å². The summed E-state index contributed by atoms with van der Waals surface area (Å²) in [6, 6.07) is 0. The van der Waals surface area contributed by atoms with Gasteiger partial charge in [-0.25, -0.2) is 4.98 Å². The van der Waals surface area contributed by atoms with Crippen molar-refractivity contribution in [1.29, 1.82) is 0 Å². The van der Waals surface area contributed by atoms with Crippen molar-refractivity contribution in [2.24, 2.45) is 14.1 Å². The Kier molecular flexibility index (Phi) is 3.14. The quantitative estimate of drug-likeness (QED) is 0.656. The minimum absolute atomic E-state index is 0.434. The van der Waals surface area contributed by atoms with E-state index >= 15 is 0 Å². The number of hydrogen-bond donors (Lipinski definition) is 3. The zero-order chi connectivity index (χ0) is 14.8. The molecule has 3 heterocycles. The maximum atomic E-state index is 5.88. The van der Waals surface area contributed by atoms with E-state index in [2.05, 4.69) is 30.8 Å². The number of nitrogens with one attached hydrogen (secondary N) is 2. The molecule has 0 atom stereocenters. The molecule has 4 N–H and O–H groups in total. The molecule has 21 heavy (non-hydrogen) atoms. The highest BCUT2D eigenvalue weighted by Crippen LogP contribution is 2.22. The average Bonchev–Trinajstić information content (AvgIpc) is 3.03. The topological polar surface area (TPSA) is 112 Å². The lowest BCUT2D eigenvalue weighted by Gasteiger charge is -2.08. The van der Waals surface area contributed by atoms with Gasteiger partial charge in [0.1, 0.15) is 0 Å². The fraction of sp³-hybridized carbons (Fsp3) is 0.167. The van der Waals surface area contributed by atoms with Crippen LogP contribution in [-0.4, -0.2) is 29.5 Å². The molecule has 9 nitrogen and oxygen atoms in total. The van der Waals surface area contributed by atoms with Gasteiger partial charge in [-0.05, 0) is 0 Å². The zero-order valence-corrected chi connectivity index (χ0v) is 11.6. The molecule has 0 aliphatic carbocycles. The number of nitrogens with zero attached hydrogens (tertiary/aromatic N) is 6. The first-order valence-corrected chi connectivity index (χ1v) is 6.24. The van der Waals surface area contributed by atoms with E-state index in [4.69, 9.17) is 5.73 Å². The van der Waals surface area contributed by atoms with Crippen molar-refractivity contribution < 1.29 is 0 Å². The van der Waals surface area contributed by atoms with Crippen LogP contribution < -0.4 is 16.4 Å². The Bertz CT molecular complexity index is 758. The van der Waals surface area contributed by atoms with Gasteiger partial charge in [-0.15, -0.1) is 0 Å². The monoisotopic (exact) mass is 285 g/mol. The van der Waals surface area contributed by atoms with Crippen LogP contribution in [0.3, 0.4) is 0 Å². The first-order valence-electron chi connectivity index (χ1n) is 6.24. The summed E-state index contributed by atoms with van der Waals surface area (Å²) in [6.07, 6.45) is 8.58. The maximum absolute atomic E-state index is 5.88. The van der Waals surface area contributed by atoms with Crippen LogP contribution in [-0.2, 0) is 14.1 Å². The van der Waals surface area contributed by atoms with Crippen molar-refractivity contribution in [3.05, 3.63) is 31.0 Å². The molecule has 0 aliphatic rings. The van der Waals surface area contributed by atoms with Gasteiger partial charge in [0.15, 0.2) is 5.82 Å². The third-order valence-corrected chi connectivity index (χ3v) is 2.75. The highest BCUT2D eigenvalue weighted by Gasteiger charge is 2.07. The first-order chi connectivity index (χ1) is 10.1. The SMILES string of the molecule is Cn1cc(Nc2ncc(N)c(Nc3cnn(C)c3)n2)cn1. The fourth-order valence-electron chi connectivity index (χ4n) is 1.79. The third kappa shape index (κ3) is 2.91. The maximum Gasteiger partial charge on any atom is 0.229 e. The van der Waals surface area contributed by atoms with Crippen molar-refractivity contribution >= 4 is 28.8 Å².